The molecule has 0 atom stereocenters. The molecule has 5 nitrogen and oxygen atoms in total. The van der Waals surface area contributed by atoms with Gasteiger partial charge in [-0.05, 0) is 31.2 Å². The molecule has 0 spiro atoms. The number of H-pyrrole nitrogens is 1. The molecule has 4 rings (SSSR count). The fourth-order valence-corrected chi connectivity index (χ4v) is 3.08. The minimum atomic E-state index is -0.115. The average Bonchev–Trinajstić information content (AvgIpc) is 3.11. The third-order valence-electron chi connectivity index (χ3n) is 4.49. The SMILES string of the molecule is Cc1nc(-c2ccccc2)ccc1C(=O)NCCc1nc2ccccc2[nH]1. The van der Waals surface area contributed by atoms with Gasteiger partial charge in [0, 0.05) is 18.5 Å². The molecule has 0 bridgehead atoms. The molecule has 27 heavy (non-hydrogen) atoms. The lowest BCUT2D eigenvalue weighted by Crippen LogP contribution is -2.26. The van der Waals surface area contributed by atoms with Gasteiger partial charge < -0.3 is 10.3 Å². The van der Waals surface area contributed by atoms with Crippen molar-refractivity contribution < 1.29 is 4.79 Å². The molecule has 5 heteroatoms. The summed E-state index contributed by atoms with van der Waals surface area (Å²) >= 11 is 0. The minimum absolute atomic E-state index is 0.115. The number of benzene rings is 2. The summed E-state index contributed by atoms with van der Waals surface area (Å²) in [4.78, 5) is 24.9. The van der Waals surface area contributed by atoms with Crippen LogP contribution < -0.4 is 5.32 Å². The Balaban J connectivity index is 1.40. The molecule has 2 aromatic carbocycles. The van der Waals surface area contributed by atoms with E-state index in [9.17, 15) is 4.79 Å². The van der Waals surface area contributed by atoms with E-state index >= 15 is 0 Å². The quantitative estimate of drug-likeness (QED) is 0.570. The Morgan fingerprint density at radius 2 is 1.74 bits per heavy atom. The van der Waals surface area contributed by atoms with E-state index in [0.717, 1.165) is 33.8 Å². The fraction of sp³-hybridized carbons (Fsp3) is 0.136. The number of pyridine rings is 1. The number of aromatic nitrogens is 3. The summed E-state index contributed by atoms with van der Waals surface area (Å²) in [5, 5.41) is 2.95. The van der Waals surface area contributed by atoms with Crippen LogP contribution in [0.3, 0.4) is 0 Å². The van der Waals surface area contributed by atoms with Crippen LogP contribution in [-0.2, 0) is 6.42 Å². The smallest absolute Gasteiger partial charge is 0.253 e. The molecule has 134 valence electrons. The molecule has 0 radical (unpaired) electrons. The predicted octanol–water partition coefficient (Wildman–Crippen LogP) is 3.91. The van der Waals surface area contributed by atoms with Gasteiger partial charge in [0.05, 0.1) is 28.0 Å². The minimum Gasteiger partial charge on any atom is -0.352 e. The highest BCUT2D eigenvalue weighted by atomic mass is 16.1. The largest absolute Gasteiger partial charge is 0.352 e. The van der Waals surface area contributed by atoms with Gasteiger partial charge in [-0.2, -0.15) is 0 Å². The molecule has 2 N–H and O–H groups in total. The molecule has 2 heterocycles. The molecular weight excluding hydrogens is 336 g/mol. The molecule has 4 aromatic rings. The summed E-state index contributed by atoms with van der Waals surface area (Å²) in [6.07, 6.45) is 0.648. The maximum atomic E-state index is 12.5. The van der Waals surface area contributed by atoms with Crippen molar-refractivity contribution in [2.24, 2.45) is 0 Å². The van der Waals surface area contributed by atoms with Crippen LogP contribution >= 0.6 is 0 Å². The summed E-state index contributed by atoms with van der Waals surface area (Å²) in [6, 6.07) is 21.6. The van der Waals surface area contributed by atoms with Gasteiger partial charge in [0.1, 0.15) is 5.82 Å². The van der Waals surface area contributed by atoms with Gasteiger partial charge in [-0.25, -0.2) is 4.98 Å². The maximum Gasteiger partial charge on any atom is 0.253 e. The van der Waals surface area contributed by atoms with E-state index < -0.39 is 0 Å². The lowest BCUT2D eigenvalue weighted by Gasteiger charge is -2.08. The molecule has 0 aliphatic carbocycles. The third-order valence-corrected chi connectivity index (χ3v) is 4.49. The van der Waals surface area contributed by atoms with Crippen LogP contribution in [0.5, 0.6) is 0 Å². The number of rotatable bonds is 5. The van der Waals surface area contributed by atoms with Crippen molar-refractivity contribution in [3.8, 4) is 11.3 Å². The first-order chi connectivity index (χ1) is 13.2. The van der Waals surface area contributed by atoms with Crippen molar-refractivity contribution in [3.63, 3.8) is 0 Å². The zero-order valence-corrected chi connectivity index (χ0v) is 15.1. The summed E-state index contributed by atoms with van der Waals surface area (Å²) in [5.41, 5.74) is 5.17. The summed E-state index contributed by atoms with van der Waals surface area (Å²) in [6.45, 7) is 2.37. The van der Waals surface area contributed by atoms with Crippen LogP contribution in [0.25, 0.3) is 22.3 Å². The van der Waals surface area contributed by atoms with Crippen molar-refractivity contribution in [1.29, 1.82) is 0 Å². The number of fused-ring (bicyclic) bond motifs is 1. The van der Waals surface area contributed by atoms with E-state index in [1.165, 1.54) is 0 Å². The Hall–Kier alpha value is -3.47. The number of carbonyl (C=O) groups is 1. The van der Waals surface area contributed by atoms with Crippen LogP contribution in [0.4, 0.5) is 0 Å². The van der Waals surface area contributed by atoms with Crippen molar-refractivity contribution in [3.05, 3.63) is 83.8 Å². The van der Waals surface area contributed by atoms with Crippen molar-refractivity contribution in [1.82, 2.24) is 20.3 Å². The Morgan fingerprint density at radius 1 is 0.963 bits per heavy atom. The lowest BCUT2D eigenvalue weighted by atomic mass is 10.1. The van der Waals surface area contributed by atoms with Crippen molar-refractivity contribution >= 4 is 16.9 Å². The van der Waals surface area contributed by atoms with Crippen LogP contribution in [0, 0.1) is 6.92 Å². The predicted molar refractivity (Wildman–Crippen MR) is 107 cm³/mol. The Labute approximate surface area is 157 Å². The summed E-state index contributed by atoms with van der Waals surface area (Å²) in [5.74, 6) is 0.751. The number of carbonyl (C=O) groups excluding carboxylic acids is 1. The zero-order chi connectivity index (χ0) is 18.6. The monoisotopic (exact) mass is 356 g/mol. The van der Waals surface area contributed by atoms with E-state index in [2.05, 4.69) is 20.3 Å². The van der Waals surface area contributed by atoms with Gasteiger partial charge in [0.25, 0.3) is 5.91 Å². The first-order valence-corrected chi connectivity index (χ1v) is 8.95. The number of para-hydroxylation sites is 2. The Kier molecular flexibility index (Phi) is 4.66. The van der Waals surface area contributed by atoms with Gasteiger partial charge in [-0.3, -0.25) is 9.78 Å². The first-order valence-electron chi connectivity index (χ1n) is 8.95. The molecule has 0 aliphatic rings. The average molecular weight is 356 g/mol. The van der Waals surface area contributed by atoms with Crippen LogP contribution in [0.15, 0.2) is 66.7 Å². The Bertz CT molecular complexity index is 1050. The molecule has 0 saturated carbocycles. The Morgan fingerprint density at radius 3 is 2.52 bits per heavy atom. The number of hydrogen-bond acceptors (Lipinski definition) is 3. The second-order valence-electron chi connectivity index (χ2n) is 6.40. The van der Waals surface area contributed by atoms with E-state index in [-0.39, 0.29) is 5.91 Å². The summed E-state index contributed by atoms with van der Waals surface area (Å²) < 4.78 is 0. The number of hydrogen-bond donors (Lipinski definition) is 2. The van der Waals surface area contributed by atoms with E-state index in [4.69, 9.17) is 0 Å². The molecule has 0 fully saturated rings. The highest BCUT2D eigenvalue weighted by molar-refractivity contribution is 5.95. The molecule has 1 amide bonds. The van der Waals surface area contributed by atoms with E-state index in [1.54, 1.807) is 0 Å². The molecule has 0 unspecified atom stereocenters. The number of amides is 1. The van der Waals surface area contributed by atoms with Crippen molar-refractivity contribution in [2.75, 3.05) is 6.54 Å². The first kappa shape index (κ1) is 17.0. The third kappa shape index (κ3) is 3.72. The van der Waals surface area contributed by atoms with Gasteiger partial charge in [-0.1, -0.05) is 42.5 Å². The van der Waals surface area contributed by atoms with Gasteiger partial charge in [-0.15, -0.1) is 0 Å². The topological polar surface area (TPSA) is 70.7 Å². The highest BCUT2D eigenvalue weighted by Crippen LogP contribution is 2.18. The highest BCUT2D eigenvalue weighted by Gasteiger charge is 2.11. The number of aromatic amines is 1. The molecular formula is C22H20N4O. The molecule has 0 saturated heterocycles. The second kappa shape index (κ2) is 7.41. The number of aryl methyl sites for hydroxylation is 1. The van der Waals surface area contributed by atoms with Crippen molar-refractivity contribution in [2.45, 2.75) is 13.3 Å². The second-order valence-corrected chi connectivity index (χ2v) is 6.40. The number of nitrogens with zero attached hydrogens (tertiary/aromatic N) is 2. The van der Waals surface area contributed by atoms with Gasteiger partial charge >= 0.3 is 0 Å². The standard InChI is InChI=1S/C22H20N4O/c1-15-17(11-12-18(24-15)16-7-3-2-4-8-16)22(27)23-14-13-21-25-19-9-5-6-10-20(19)26-21/h2-12H,13-14H2,1H3,(H,23,27)(H,25,26). The lowest BCUT2D eigenvalue weighted by molar-refractivity contribution is 0.0953. The maximum absolute atomic E-state index is 12.5. The van der Waals surface area contributed by atoms with E-state index in [0.29, 0.717) is 18.5 Å². The summed E-state index contributed by atoms with van der Waals surface area (Å²) in [7, 11) is 0. The number of nitrogens with one attached hydrogen (secondary N) is 2. The molecule has 2 aromatic heterocycles. The normalized spacial score (nSPS) is 10.9. The fourth-order valence-electron chi connectivity index (χ4n) is 3.08. The van der Waals surface area contributed by atoms with Crippen LogP contribution in [0.2, 0.25) is 0 Å². The number of imidazole rings is 1. The van der Waals surface area contributed by atoms with Crippen LogP contribution in [0.1, 0.15) is 21.9 Å². The van der Waals surface area contributed by atoms with Gasteiger partial charge in [0.2, 0.25) is 0 Å². The van der Waals surface area contributed by atoms with Crippen LogP contribution in [-0.4, -0.2) is 27.4 Å². The van der Waals surface area contributed by atoms with Gasteiger partial charge in [0.15, 0.2) is 0 Å². The molecule has 0 aliphatic heterocycles. The zero-order valence-electron chi connectivity index (χ0n) is 15.1. The van der Waals surface area contributed by atoms with E-state index in [1.807, 2.05) is 73.7 Å².